The van der Waals surface area contributed by atoms with Gasteiger partial charge in [0.15, 0.2) is 4.96 Å². The lowest BCUT2D eigenvalue weighted by atomic mass is 10.2. The van der Waals surface area contributed by atoms with Gasteiger partial charge in [-0.3, -0.25) is 9.20 Å². The molecule has 1 amide bonds. The van der Waals surface area contributed by atoms with Crippen molar-refractivity contribution >= 4 is 27.9 Å². The van der Waals surface area contributed by atoms with Crippen molar-refractivity contribution in [3.8, 4) is 0 Å². The predicted molar refractivity (Wildman–Crippen MR) is 96.5 cm³/mol. The summed E-state index contributed by atoms with van der Waals surface area (Å²) in [4.78, 5) is 20.1. The number of para-hydroxylation sites is 1. The summed E-state index contributed by atoms with van der Waals surface area (Å²) in [5.74, 6) is -0.0331. The number of hydrogen-bond acceptors (Lipinski definition) is 3. The van der Waals surface area contributed by atoms with Crippen LogP contribution in [0.4, 0.5) is 5.69 Å². The quantitative estimate of drug-likeness (QED) is 0.560. The van der Waals surface area contributed by atoms with Crippen LogP contribution in [0.25, 0.3) is 4.96 Å². The van der Waals surface area contributed by atoms with Crippen LogP contribution in [0.15, 0.2) is 78.4 Å². The van der Waals surface area contributed by atoms with Crippen LogP contribution in [0.5, 0.6) is 0 Å². The summed E-state index contributed by atoms with van der Waals surface area (Å²) in [7, 11) is 0. The smallest absolute Gasteiger partial charge is 0.276 e. The van der Waals surface area contributed by atoms with Crippen LogP contribution >= 0.6 is 11.3 Å². The molecule has 4 aromatic rings. The molecule has 2 aromatic heterocycles. The molecule has 0 aliphatic rings. The number of carbonyl (C=O) groups excluding carboxylic acids is 1. The second-order valence-electron chi connectivity index (χ2n) is 5.41. The molecule has 0 aliphatic heterocycles. The molecular formula is C19H15N3OS. The van der Waals surface area contributed by atoms with Gasteiger partial charge in [-0.25, -0.2) is 4.98 Å². The molecule has 0 aliphatic carbocycles. The number of thiazole rings is 1. The topological polar surface area (TPSA) is 37.6 Å². The SMILES string of the molecule is O=C(c1csc2nccn12)N(Cc1ccccc1)c1ccccc1. The van der Waals surface area contributed by atoms with Crippen LogP contribution in [0, 0.1) is 0 Å². The van der Waals surface area contributed by atoms with Crippen molar-refractivity contribution in [2.24, 2.45) is 0 Å². The van der Waals surface area contributed by atoms with E-state index in [1.807, 2.05) is 76.6 Å². The molecular weight excluding hydrogens is 318 g/mol. The van der Waals surface area contributed by atoms with Crippen LogP contribution in [-0.4, -0.2) is 15.3 Å². The van der Waals surface area contributed by atoms with E-state index in [0.29, 0.717) is 12.2 Å². The maximum atomic E-state index is 13.2. The zero-order valence-electron chi connectivity index (χ0n) is 12.9. The van der Waals surface area contributed by atoms with E-state index < -0.39 is 0 Å². The summed E-state index contributed by atoms with van der Waals surface area (Å²) in [6.45, 7) is 0.524. The third-order valence-corrected chi connectivity index (χ3v) is 4.71. The highest BCUT2D eigenvalue weighted by molar-refractivity contribution is 7.15. The van der Waals surface area contributed by atoms with Crippen LogP contribution in [0.2, 0.25) is 0 Å². The van der Waals surface area contributed by atoms with Crippen LogP contribution in [0.1, 0.15) is 16.1 Å². The number of fused-ring (bicyclic) bond motifs is 1. The fourth-order valence-corrected chi connectivity index (χ4v) is 3.50. The van der Waals surface area contributed by atoms with E-state index in [2.05, 4.69) is 4.98 Å². The number of anilines is 1. The number of carbonyl (C=O) groups is 1. The summed E-state index contributed by atoms with van der Waals surface area (Å²) in [6, 6.07) is 19.8. The zero-order chi connectivity index (χ0) is 16.4. The molecule has 4 nitrogen and oxygen atoms in total. The Labute approximate surface area is 143 Å². The molecule has 0 saturated carbocycles. The lowest BCUT2D eigenvalue weighted by Gasteiger charge is -2.22. The number of nitrogens with zero attached hydrogens (tertiary/aromatic N) is 3. The number of rotatable bonds is 4. The molecule has 2 aromatic carbocycles. The van der Waals surface area contributed by atoms with E-state index in [9.17, 15) is 4.79 Å². The molecule has 24 heavy (non-hydrogen) atoms. The van der Waals surface area contributed by atoms with Crippen LogP contribution in [-0.2, 0) is 6.54 Å². The Hall–Kier alpha value is -2.92. The summed E-state index contributed by atoms with van der Waals surface area (Å²) in [6.07, 6.45) is 3.54. The van der Waals surface area contributed by atoms with E-state index in [4.69, 9.17) is 0 Å². The lowest BCUT2D eigenvalue weighted by Crippen LogP contribution is -2.31. The Morgan fingerprint density at radius 1 is 1.04 bits per heavy atom. The third kappa shape index (κ3) is 2.70. The minimum absolute atomic E-state index is 0.0331. The maximum absolute atomic E-state index is 13.2. The summed E-state index contributed by atoms with van der Waals surface area (Å²) in [5, 5.41) is 1.87. The molecule has 0 fully saturated rings. The van der Waals surface area contributed by atoms with E-state index >= 15 is 0 Å². The summed E-state index contributed by atoms with van der Waals surface area (Å²) in [5.41, 5.74) is 2.60. The molecule has 0 saturated heterocycles. The number of imidazole rings is 1. The fraction of sp³-hybridized carbons (Fsp3) is 0.0526. The number of benzene rings is 2. The number of amides is 1. The molecule has 0 radical (unpaired) electrons. The molecule has 0 spiro atoms. The van der Waals surface area contributed by atoms with Gasteiger partial charge < -0.3 is 4.90 Å². The summed E-state index contributed by atoms with van der Waals surface area (Å²) < 4.78 is 1.84. The molecule has 2 heterocycles. The first-order valence-corrected chi connectivity index (χ1v) is 8.52. The van der Waals surface area contributed by atoms with Gasteiger partial charge in [-0.15, -0.1) is 11.3 Å². The van der Waals surface area contributed by atoms with Crippen molar-refractivity contribution < 1.29 is 4.79 Å². The highest BCUT2D eigenvalue weighted by Crippen LogP contribution is 2.22. The van der Waals surface area contributed by atoms with Gasteiger partial charge in [-0.1, -0.05) is 48.5 Å². The highest BCUT2D eigenvalue weighted by Gasteiger charge is 2.21. The van der Waals surface area contributed by atoms with Gasteiger partial charge in [0, 0.05) is 23.5 Å². The Balaban J connectivity index is 1.75. The average Bonchev–Trinajstić information content (AvgIpc) is 3.24. The highest BCUT2D eigenvalue weighted by atomic mass is 32.1. The molecule has 5 heteroatoms. The number of hydrogen-bond donors (Lipinski definition) is 0. The minimum atomic E-state index is -0.0331. The Morgan fingerprint density at radius 2 is 1.75 bits per heavy atom. The summed E-state index contributed by atoms with van der Waals surface area (Å²) >= 11 is 1.47. The van der Waals surface area contributed by atoms with Gasteiger partial charge in [-0.05, 0) is 17.7 Å². The maximum Gasteiger partial charge on any atom is 0.276 e. The van der Waals surface area contributed by atoms with Crippen LogP contribution < -0.4 is 4.90 Å². The molecule has 4 rings (SSSR count). The van der Waals surface area contributed by atoms with Crippen molar-refractivity contribution in [1.29, 1.82) is 0 Å². The monoisotopic (exact) mass is 333 g/mol. The van der Waals surface area contributed by atoms with E-state index in [0.717, 1.165) is 16.2 Å². The molecule has 118 valence electrons. The van der Waals surface area contributed by atoms with Gasteiger partial charge in [0.1, 0.15) is 5.69 Å². The second kappa shape index (κ2) is 6.29. The second-order valence-corrected chi connectivity index (χ2v) is 6.25. The molecule has 0 bridgehead atoms. The molecule has 0 N–H and O–H groups in total. The lowest BCUT2D eigenvalue weighted by molar-refractivity contribution is 0.0979. The largest absolute Gasteiger partial charge is 0.303 e. The predicted octanol–water partition coefficient (Wildman–Crippen LogP) is 4.24. The Kier molecular flexibility index (Phi) is 3.84. The van der Waals surface area contributed by atoms with Gasteiger partial charge in [0.05, 0.1) is 6.54 Å². The van der Waals surface area contributed by atoms with Crippen LogP contribution in [0.3, 0.4) is 0 Å². The zero-order valence-corrected chi connectivity index (χ0v) is 13.7. The van der Waals surface area contributed by atoms with E-state index in [1.54, 1.807) is 11.1 Å². The van der Waals surface area contributed by atoms with Gasteiger partial charge >= 0.3 is 0 Å². The van der Waals surface area contributed by atoms with E-state index in [-0.39, 0.29) is 5.91 Å². The standard InChI is InChI=1S/C19H15N3OS/c23-18(17-14-24-19-20-11-12-21(17)19)22(16-9-5-2-6-10-16)13-15-7-3-1-4-8-15/h1-12,14H,13H2. The normalized spacial score (nSPS) is 10.8. The first-order chi connectivity index (χ1) is 11.8. The van der Waals surface area contributed by atoms with Crippen molar-refractivity contribution in [2.75, 3.05) is 4.90 Å². The Morgan fingerprint density at radius 3 is 2.50 bits per heavy atom. The first kappa shape index (κ1) is 14.7. The third-order valence-electron chi connectivity index (χ3n) is 3.86. The first-order valence-electron chi connectivity index (χ1n) is 7.64. The number of aromatic nitrogens is 2. The van der Waals surface area contributed by atoms with Crippen molar-refractivity contribution in [1.82, 2.24) is 9.38 Å². The van der Waals surface area contributed by atoms with Gasteiger partial charge in [0.2, 0.25) is 0 Å². The van der Waals surface area contributed by atoms with E-state index in [1.165, 1.54) is 11.3 Å². The van der Waals surface area contributed by atoms with Crippen molar-refractivity contribution in [2.45, 2.75) is 6.54 Å². The van der Waals surface area contributed by atoms with Crippen molar-refractivity contribution in [3.05, 3.63) is 89.7 Å². The van der Waals surface area contributed by atoms with Crippen molar-refractivity contribution in [3.63, 3.8) is 0 Å². The fourth-order valence-electron chi connectivity index (χ4n) is 2.67. The minimum Gasteiger partial charge on any atom is -0.303 e. The molecule has 0 unspecified atom stereocenters. The van der Waals surface area contributed by atoms with Gasteiger partial charge in [0.25, 0.3) is 5.91 Å². The molecule has 0 atom stereocenters. The Bertz CT molecular complexity index is 960. The van der Waals surface area contributed by atoms with Gasteiger partial charge in [-0.2, -0.15) is 0 Å². The average molecular weight is 333 g/mol.